The third kappa shape index (κ3) is 3.49. The summed E-state index contributed by atoms with van der Waals surface area (Å²) in [6.07, 6.45) is 0.500. The predicted molar refractivity (Wildman–Crippen MR) is 61.7 cm³/mol. The van der Waals surface area contributed by atoms with Gasteiger partial charge in [-0.1, -0.05) is 6.92 Å². The Morgan fingerprint density at radius 2 is 2.22 bits per heavy atom. The monoisotopic (exact) mass is 256 g/mol. The van der Waals surface area contributed by atoms with Crippen molar-refractivity contribution in [3.63, 3.8) is 0 Å². The second kappa shape index (κ2) is 6.06. The maximum Gasteiger partial charge on any atom is 0.273 e. The van der Waals surface area contributed by atoms with Crippen LogP contribution in [-0.2, 0) is 0 Å². The van der Waals surface area contributed by atoms with Gasteiger partial charge in [0.2, 0.25) is 0 Å². The smallest absolute Gasteiger partial charge is 0.273 e. The van der Waals surface area contributed by atoms with Gasteiger partial charge in [-0.15, -0.1) is 0 Å². The minimum absolute atomic E-state index is 0.145. The fourth-order valence-electron chi connectivity index (χ4n) is 1.36. The number of hydrogen-bond acceptors (Lipinski definition) is 4. The molecule has 0 aromatic heterocycles. The number of halogens is 1. The van der Waals surface area contributed by atoms with E-state index >= 15 is 0 Å². The molecule has 0 unspecified atom stereocenters. The molecule has 98 valence electrons. The number of nitro groups is 1. The van der Waals surface area contributed by atoms with E-state index < -0.39 is 28.4 Å². The Bertz CT molecular complexity index is 460. The third-order valence-electron chi connectivity index (χ3n) is 2.40. The van der Waals surface area contributed by atoms with Crippen LogP contribution < -0.4 is 5.32 Å². The van der Waals surface area contributed by atoms with Crippen molar-refractivity contribution in [3.8, 4) is 0 Å². The molecular formula is C11H13FN2O4. The Hall–Kier alpha value is -2.02. The van der Waals surface area contributed by atoms with Crippen LogP contribution in [0.25, 0.3) is 0 Å². The Kier molecular flexibility index (Phi) is 4.73. The first-order valence-electron chi connectivity index (χ1n) is 5.34. The molecule has 1 atom stereocenters. The molecule has 1 aromatic rings. The summed E-state index contributed by atoms with van der Waals surface area (Å²) < 4.78 is 13.1. The van der Waals surface area contributed by atoms with E-state index in [-0.39, 0.29) is 12.2 Å². The summed E-state index contributed by atoms with van der Waals surface area (Å²) in [5.74, 6) is -1.51. The lowest BCUT2D eigenvalue weighted by Crippen LogP contribution is -2.36. The average Bonchev–Trinajstić information content (AvgIpc) is 2.34. The van der Waals surface area contributed by atoms with Gasteiger partial charge in [0.25, 0.3) is 11.6 Å². The van der Waals surface area contributed by atoms with Crippen LogP contribution in [0.1, 0.15) is 23.7 Å². The zero-order valence-corrected chi connectivity index (χ0v) is 9.72. The van der Waals surface area contributed by atoms with E-state index in [1.165, 1.54) is 0 Å². The molecule has 1 aromatic carbocycles. The minimum Gasteiger partial charge on any atom is -0.394 e. The Labute approximate surface area is 103 Å². The summed E-state index contributed by atoms with van der Waals surface area (Å²) in [5.41, 5.74) is -0.634. The van der Waals surface area contributed by atoms with E-state index in [0.29, 0.717) is 6.42 Å². The molecule has 0 spiro atoms. The first-order valence-corrected chi connectivity index (χ1v) is 5.34. The molecule has 2 N–H and O–H groups in total. The van der Waals surface area contributed by atoms with E-state index in [2.05, 4.69) is 5.32 Å². The van der Waals surface area contributed by atoms with Gasteiger partial charge in [0.15, 0.2) is 0 Å². The largest absolute Gasteiger partial charge is 0.394 e. The molecule has 0 aliphatic carbocycles. The Morgan fingerprint density at radius 3 is 2.72 bits per heavy atom. The number of nitro benzene ring substituents is 1. The Morgan fingerprint density at radius 1 is 1.56 bits per heavy atom. The highest BCUT2D eigenvalue weighted by Gasteiger charge is 2.16. The standard InChI is InChI=1S/C11H13FN2O4/c1-2-9(6-15)13-11(16)7-3-8(12)5-10(4-7)14(17)18/h3-5,9,15H,2,6H2,1H3,(H,13,16)/t9-/m1/s1. The molecule has 0 saturated carbocycles. The van der Waals surface area contributed by atoms with E-state index in [0.717, 1.165) is 18.2 Å². The molecule has 18 heavy (non-hydrogen) atoms. The lowest BCUT2D eigenvalue weighted by molar-refractivity contribution is -0.385. The van der Waals surface area contributed by atoms with Crippen molar-refractivity contribution in [2.75, 3.05) is 6.61 Å². The molecule has 7 heteroatoms. The van der Waals surface area contributed by atoms with E-state index in [4.69, 9.17) is 5.11 Å². The number of nitrogens with one attached hydrogen (secondary N) is 1. The van der Waals surface area contributed by atoms with Gasteiger partial charge in [-0.2, -0.15) is 0 Å². The summed E-state index contributed by atoms with van der Waals surface area (Å²) in [6.45, 7) is 1.51. The van der Waals surface area contributed by atoms with Crippen LogP contribution in [0, 0.1) is 15.9 Å². The van der Waals surface area contributed by atoms with Gasteiger partial charge in [0.1, 0.15) is 5.82 Å². The maximum atomic E-state index is 13.1. The van der Waals surface area contributed by atoms with Gasteiger partial charge in [-0.3, -0.25) is 14.9 Å². The number of carbonyl (C=O) groups is 1. The average molecular weight is 256 g/mol. The molecule has 0 aliphatic rings. The number of rotatable bonds is 5. The fourth-order valence-corrected chi connectivity index (χ4v) is 1.36. The lowest BCUT2D eigenvalue weighted by atomic mass is 10.1. The lowest BCUT2D eigenvalue weighted by Gasteiger charge is -2.13. The van der Waals surface area contributed by atoms with Crippen LogP contribution in [0.5, 0.6) is 0 Å². The summed E-state index contributed by atoms with van der Waals surface area (Å²) >= 11 is 0. The summed E-state index contributed by atoms with van der Waals surface area (Å²) in [4.78, 5) is 21.4. The van der Waals surface area contributed by atoms with Crippen LogP contribution >= 0.6 is 0 Å². The number of aliphatic hydroxyl groups is 1. The summed E-state index contributed by atoms with van der Waals surface area (Å²) in [5, 5.41) is 21.9. The number of nitrogens with zero attached hydrogens (tertiary/aromatic N) is 1. The minimum atomic E-state index is -0.855. The number of hydrogen-bond donors (Lipinski definition) is 2. The number of benzene rings is 1. The van der Waals surface area contributed by atoms with Gasteiger partial charge in [0, 0.05) is 11.6 Å². The Balaban J connectivity index is 2.95. The van der Waals surface area contributed by atoms with Gasteiger partial charge in [-0.05, 0) is 12.5 Å². The molecule has 0 saturated heterocycles. The quantitative estimate of drug-likeness (QED) is 0.612. The highest BCUT2D eigenvalue weighted by molar-refractivity contribution is 5.95. The summed E-state index contributed by atoms with van der Waals surface area (Å²) in [6, 6.07) is 2.18. The third-order valence-corrected chi connectivity index (χ3v) is 2.40. The molecule has 1 amide bonds. The normalized spacial score (nSPS) is 11.9. The summed E-state index contributed by atoms with van der Waals surface area (Å²) in [7, 11) is 0. The molecule has 0 aliphatic heterocycles. The fraction of sp³-hybridized carbons (Fsp3) is 0.364. The first kappa shape index (κ1) is 14.0. The van der Waals surface area contributed by atoms with Crippen LogP contribution in [-0.4, -0.2) is 28.6 Å². The molecule has 6 nitrogen and oxygen atoms in total. The second-order valence-electron chi connectivity index (χ2n) is 3.72. The molecule has 0 radical (unpaired) electrons. The van der Waals surface area contributed by atoms with Crippen molar-refractivity contribution in [2.24, 2.45) is 0 Å². The second-order valence-corrected chi connectivity index (χ2v) is 3.72. The van der Waals surface area contributed by atoms with Crippen molar-refractivity contribution in [1.82, 2.24) is 5.32 Å². The van der Waals surface area contributed by atoms with Crippen molar-refractivity contribution in [1.29, 1.82) is 0 Å². The van der Waals surface area contributed by atoms with Crippen LogP contribution in [0.3, 0.4) is 0 Å². The first-order chi connectivity index (χ1) is 8.47. The van der Waals surface area contributed by atoms with Crippen LogP contribution in [0.4, 0.5) is 10.1 Å². The van der Waals surface area contributed by atoms with Gasteiger partial charge >= 0.3 is 0 Å². The zero-order chi connectivity index (χ0) is 13.7. The predicted octanol–water partition coefficient (Wildman–Crippen LogP) is 1.23. The SMILES string of the molecule is CC[C@H](CO)NC(=O)c1cc(F)cc([N+](=O)[O-])c1. The van der Waals surface area contributed by atoms with Crippen molar-refractivity contribution >= 4 is 11.6 Å². The molecule has 1 rings (SSSR count). The zero-order valence-electron chi connectivity index (χ0n) is 9.72. The van der Waals surface area contributed by atoms with Crippen molar-refractivity contribution < 1.29 is 19.2 Å². The van der Waals surface area contributed by atoms with E-state index in [1.807, 2.05) is 0 Å². The molecular weight excluding hydrogens is 243 g/mol. The van der Waals surface area contributed by atoms with E-state index in [9.17, 15) is 19.3 Å². The van der Waals surface area contributed by atoms with Crippen molar-refractivity contribution in [2.45, 2.75) is 19.4 Å². The van der Waals surface area contributed by atoms with Crippen molar-refractivity contribution in [3.05, 3.63) is 39.7 Å². The van der Waals surface area contributed by atoms with Crippen LogP contribution in [0.15, 0.2) is 18.2 Å². The number of carbonyl (C=O) groups excluding carboxylic acids is 1. The van der Waals surface area contributed by atoms with Gasteiger partial charge in [-0.25, -0.2) is 4.39 Å². The van der Waals surface area contributed by atoms with Gasteiger partial charge < -0.3 is 10.4 Å². The molecule has 0 fully saturated rings. The van der Waals surface area contributed by atoms with E-state index in [1.54, 1.807) is 6.92 Å². The number of non-ortho nitro benzene ring substituents is 1. The number of aliphatic hydroxyl groups excluding tert-OH is 1. The number of amides is 1. The molecule has 0 heterocycles. The highest BCUT2D eigenvalue weighted by atomic mass is 19.1. The molecule has 0 bridgehead atoms. The van der Waals surface area contributed by atoms with Gasteiger partial charge in [0.05, 0.1) is 23.6 Å². The highest BCUT2D eigenvalue weighted by Crippen LogP contribution is 2.16. The maximum absolute atomic E-state index is 13.1. The topological polar surface area (TPSA) is 92.5 Å². The van der Waals surface area contributed by atoms with Crippen LogP contribution in [0.2, 0.25) is 0 Å².